The molecule has 0 bridgehead atoms. The lowest BCUT2D eigenvalue weighted by Gasteiger charge is -2.40. The Morgan fingerprint density at radius 1 is 1.00 bits per heavy atom. The molecule has 3 aromatic rings. The summed E-state index contributed by atoms with van der Waals surface area (Å²) in [6, 6.07) is 14.9. The van der Waals surface area contributed by atoms with Crippen molar-refractivity contribution in [3.63, 3.8) is 0 Å². The van der Waals surface area contributed by atoms with E-state index in [1.165, 1.54) is 4.57 Å². The highest BCUT2D eigenvalue weighted by molar-refractivity contribution is 5.94. The maximum Gasteiger partial charge on any atom is 0.410 e. The highest BCUT2D eigenvalue weighted by Gasteiger charge is 2.34. The van der Waals surface area contributed by atoms with Crippen LogP contribution in [0.3, 0.4) is 0 Å². The van der Waals surface area contributed by atoms with E-state index in [-0.39, 0.29) is 18.1 Å². The molecule has 0 spiro atoms. The van der Waals surface area contributed by atoms with Crippen LogP contribution in [0.15, 0.2) is 48.5 Å². The minimum Gasteiger partial charge on any atom is -0.491 e. The SMILES string of the molecule is CCC#Cc1cc2c(NC3CCN(C(=O)OC(C)(C)C)CC3CCOCCOCCOc3cccc(C)c3)cccc2n1CC(F)(F)F. The number of carbonyl (C=O) groups excluding carboxylic acids is 1. The van der Waals surface area contributed by atoms with Crippen LogP contribution in [0, 0.1) is 24.7 Å². The molecule has 1 N–H and O–H groups in total. The van der Waals surface area contributed by atoms with Crippen LogP contribution in [-0.4, -0.2) is 79.5 Å². The van der Waals surface area contributed by atoms with Gasteiger partial charge in [0.15, 0.2) is 0 Å². The average molecular weight is 672 g/mol. The Labute approximate surface area is 281 Å². The largest absolute Gasteiger partial charge is 0.491 e. The van der Waals surface area contributed by atoms with E-state index in [9.17, 15) is 18.0 Å². The molecule has 8 nitrogen and oxygen atoms in total. The number of hydrogen-bond donors (Lipinski definition) is 1. The molecule has 11 heteroatoms. The van der Waals surface area contributed by atoms with Crippen LogP contribution < -0.4 is 10.1 Å². The van der Waals surface area contributed by atoms with Crippen molar-refractivity contribution in [2.45, 2.75) is 78.2 Å². The maximum atomic E-state index is 13.6. The topological polar surface area (TPSA) is 74.2 Å². The second kappa shape index (κ2) is 17.0. The van der Waals surface area contributed by atoms with Crippen LogP contribution in [0.4, 0.5) is 23.7 Å². The third-order valence-electron chi connectivity index (χ3n) is 7.89. The Hall–Kier alpha value is -3.88. The Morgan fingerprint density at radius 3 is 2.44 bits per heavy atom. The van der Waals surface area contributed by atoms with Crippen LogP contribution in [0.2, 0.25) is 0 Å². The molecule has 2 atom stereocenters. The van der Waals surface area contributed by atoms with Gasteiger partial charge in [-0.15, -0.1) is 0 Å². The van der Waals surface area contributed by atoms with Crippen LogP contribution in [0.25, 0.3) is 10.9 Å². The van der Waals surface area contributed by atoms with Gasteiger partial charge in [0.1, 0.15) is 24.5 Å². The zero-order valence-corrected chi connectivity index (χ0v) is 28.6. The number of benzene rings is 2. The van der Waals surface area contributed by atoms with Crippen LogP contribution in [0.5, 0.6) is 5.75 Å². The van der Waals surface area contributed by atoms with Crippen molar-refractivity contribution in [1.29, 1.82) is 0 Å². The third kappa shape index (κ3) is 11.4. The summed E-state index contributed by atoms with van der Waals surface area (Å²) in [5.41, 5.74) is 2.04. The number of nitrogens with zero attached hydrogens (tertiary/aromatic N) is 2. The molecule has 0 saturated carbocycles. The second-order valence-electron chi connectivity index (χ2n) is 13.0. The number of likely N-dealkylation sites (tertiary alicyclic amines) is 1. The molecular weight excluding hydrogens is 623 g/mol. The molecule has 262 valence electrons. The van der Waals surface area contributed by atoms with Gasteiger partial charge in [-0.1, -0.05) is 31.0 Å². The van der Waals surface area contributed by atoms with E-state index in [1.54, 1.807) is 23.1 Å². The fourth-order valence-electron chi connectivity index (χ4n) is 5.73. The molecule has 1 fully saturated rings. The number of ether oxygens (including phenoxy) is 4. The van der Waals surface area contributed by atoms with E-state index in [0.717, 1.165) is 17.0 Å². The fourth-order valence-corrected chi connectivity index (χ4v) is 5.73. The van der Waals surface area contributed by atoms with Crippen LogP contribution in [0.1, 0.15) is 58.2 Å². The molecule has 1 aromatic heterocycles. The third-order valence-corrected chi connectivity index (χ3v) is 7.89. The van der Waals surface area contributed by atoms with Crippen molar-refractivity contribution >= 4 is 22.7 Å². The fraction of sp³-hybridized carbons (Fsp3) is 0.541. The average Bonchev–Trinajstić information content (AvgIpc) is 3.35. The number of alkyl halides is 3. The Bertz CT molecular complexity index is 1550. The normalized spacial score (nSPS) is 16.8. The van der Waals surface area contributed by atoms with Gasteiger partial charge in [-0.2, -0.15) is 13.2 Å². The highest BCUT2D eigenvalue weighted by Crippen LogP contribution is 2.33. The number of piperidine rings is 1. The summed E-state index contributed by atoms with van der Waals surface area (Å²) in [7, 11) is 0. The van der Waals surface area contributed by atoms with Crippen molar-refractivity contribution in [2.75, 3.05) is 51.4 Å². The van der Waals surface area contributed by atoms with Gasteiger partial charge in [0.25, 0.3) is 0 Å². The van der Waals surface area contributed by atoms with Gasteiger partial charge in [-0.3, -0.25) is 0 Å². The van der Waals surface area contributed by atoms with Gasteiger partial charge in [-0.25, -0.2) is 4.79 Å². The Morgan fingerprint density at radius 2 is 1.73 bits per heavy atom. The van der Waals surface area contributed by atoms with E-state index in [1.807, 2.05) is 65.0 Å². The summed E-state index contributed by atoms with van der Waals surface area (Å²) in [5, 5.41) is 4.29. The van der Waals surface area contributed by atoms with Gasteiger partial charge >= 0.3 is 12.3 Å². The number of nitrogens with one attached hydrogen (secondary N) is 1. The number of aromatic nitrogens is 1. The first-order valence-electron chi connectivity index (χ1n) is 16.6. The molecule has 2 unspecified atom stereocenters. The summed E-state index contributed by atoms with van der Waals surface area (Å²) >= 11 is 0. The lowest BCUT2D eigenvalue weighted by Crippen LogP contribution is -2.50. The van der Waals surface area contributed by atoms with E-state index < -0.39 is 18.3 Å². The van der Waals surface area contributed by atoms with Gasteiger partial charge in [0.2, 0.25) is 0 Å². The lowest BCUT2D eigenvalue weighted by atomic mass is 9.89. The molecular formula is C37H48F3N3O5. The Balaban J connectivity index is 1.39. The number of amides is 1. The predicted molar refractivity (Wildman–Crippen MR) is 181 cm³/mol. The minimum absolute atomic E-state index is 0.00165. The molecule has 1 aliphatic rings. The van der Waals surface area contributed by atoms with Crippen LogP contribution in [-0.2, 0) is 20.8 Å². The quantitative estimate of drug-likeness (QED) is 0.148. The standard InChI is InChI=1S/C37H48F3N3O5/c1-6-7-11-29-24-31-33(13-9-14-34(31)43(29)26-37(38,39)40)41-32-15-17-42(35(44)48-36(3,4)5)25-28(32)16-18-45-19-20-46-21-22-47-30-12-8-10-27(2)23-30/h8-10,12-14,23-24,28,32,41H,6,15-22,25-26H2,1-5H3. The second-order valence-corrected chi connectivity index (χ2v) is 13.0. The zero-order valence-electron chi connectivity index (χ0n) is 28.6. The maximum absolute atomic E-state index is 13.6. The van der Waals surface area contributed by atoms with Crippen molar-refractivity contribution in [3.05, 3.63) is 59.8 Å². The van der Waals surface area contributed by atoms with Gasteiger partial charge in [0, 0.05) is 43.2 Å². The number of anilines is 1. The summed E-state index contributed by atoms with van der Waals surface area (Å²) in [4.78, 5) is 14.7. The number of fused-ring (bicyclic) bond motifs is 1. The molecule has 2 aromatic carbocycles. The van der Waals surface area contributed by atoms with E-state index in [2.05, 4.69) is 17.2 Å². The number of rotatable bonds is 13. The molecule has 2 heterocycles. The van der Waals surface area contributed by atoms with Crippen molar-refractivity contribution in [2.24, 2.45) is 5.92 Å². The van der Waals surface area contributed by atoms with E-state index >= 15 is 0 Å². The summed E-state index contributed by atoms with van der Waals surface area (Å²) < 4.78 is 64.8. The zero-order chi connectivity index (χ0) is 34.7. The number of aryl methyl sites for hydroxylation is 1. The summed E-state index contributed by atoms with van der Waals surface area (Å²) in [6.45, 7) is 11.4. The lowest BCUT2D eigenvalue weighted by molar-refractivity contribution is -0.140. The molecule has 0 aliphatic carbocycles. The molecule has 48 heavy (non-hydrogen) atoms. The first kappa shape index (κ1) is 36.9. The summed E-state index contributed by atoms with van der Waals surface area (Å²) in [6.07, 6.45) is -2.93. The van der Waals surface area contributed by atoms with Crippen molar-refractivity contribution < 1.29 is 36.9 Å². The Kier molecular flexibility index (Phi) is 13.1. The first-order chi connectivity index (χ1) is 22.8. The number of carbonyl (C=O) groups is 1. The van der Waals surface area contributed by atoms with Crippen molar-refractivity contribution in [3.8, 4) is 17.6 Å². The number of hydrogen-bond acceptors (Lipinski definition) is 6. The van der Waals surface area contributed by atoms with E-state index in [4.69, 9.17) is 18.9 Å². The van der Waals surface area contributed by atoms with Gasteiger partial charge in [0.05, 0.1) is 31.0 Å². The smallest absolute Gasteiger partial charge is 0.410 e. The highest BCUT2D eigenvalue weighted by atomic mass is 19.4. The van der Waals surface area contributed by atoms with Gasteiger partial charge in [-0.05, 0) is 88.3 Å². The molecule has 1 amide bonds. The van der Waals surface area contributed by atoms with Gasteiger partial charge < -0.3 is 33.7 Å². The number of halogens is 3. The minimum atomic E-state index is -4.39. The predicted octanol–water partition coefficient (Wildman–Crippen LogP) is 7.81. The monoisotopic (exact) mass is 671 g/mol. The molecule has 4 rings (SSSR count). The van der Waals surface area contributed by atoms with Crippen LogP contribution >= 0.6 is 0 Å². The summed E-state index contributed by atoms with van der Waals surface area (Å²) in [5.74, 6) is 6.63. The molecule has 1 saturated heterocycles. The van der Waals surface area contributed by atoms with Crippen molar-refractivity contribution in [1.82, 2.24) is 9.47 Å². The first-order valence-corrected chi connectivity index (χ1v) is 16.6. The van der Waals surface area contributed by atoms with E-state index in [0.29, 0.717) is 82.0 Å². The molecule has 0 radical (unpaired) electrons. The molecule has 1 aliphatic heterocycles.